The maximum atomic E-state index is 9.85. The minimum absolute atomic E-state index is 0.649. The molecule has 0 fully saturated rings. The van der Waals surface area contributed by atoms with Crippen LogP contribution in [0, 0.1) is 0 Å². The molecule has 104 valence electrons. The Kier molecular flexibility index (Phi) is 6.05. The fourth-order valence-electron chi connectivity index (χ4n) is 1.74. The van der Waals surface area contributed by atoms with Gasteiger partial charge in [-0.25, -0.2) is 4.98 Å². The second-order valence-electron chi connectivity index (χ2n) is 5.17. The smallest absolute Gasteiger partial charge is 0.182 e. The van der Waals surface area contributed by atoms with E-state index in [0.29, 0.717) is 6.54 Å². The van der Waals surface area contributed by atoms with Gasteiger partial charge >= 0.3 is 0 Å². The third-order valence-electron chi connectivity index (χ3n) is 2.52. The van der Waals surface area contributed by atoms with E-state index in [4.69, 9.17) is 0 Å². The zero-order valence-electron chi connectivity index (χ0n) is 11.9. The average molecular weight is 271 g/mol. The predicted molar refractivity (Wildman–Crippen MR) is 78.1 cm³/mol. The average Bonchev–Trinajstić information content (AvgIpc) is 2.71. The molecule has 0 amide bonds. The zero-order chi connectivity index (χ0) is 13.6. The molecule has 1 aromatic rings. The van der Waals surface area contributed by atoms with Crippen LogP contribution in [0.1, 0.15) is 39.0 Å². The number of nitrogens with zero attached hydrogens (tertiary/aromatic N) is 2. The van der Waals surface area contributed by atoms with Crippen molar-refractivity contribution in [2.24, 2.45) is 0 Å². The van der Waals surface area contributed by atoms with Crippen LogP contribution >= 0.6 is 11.3 Å². The molecule has 18 heavy (non-hydrogen) atoms. The quantitative estimate of drug-likeness (QED) is 0.763. The predicted octanol–water partition coefficient (Wildman–Crippen LogP) is 2.56. The molecular formula is C13H25N3OS. The van der Waals surface area contributed by atoms with Crippen molar-refractivity contribution in [2.45, 2.75) is 46.3 Å². The molecule has 0 aliphatic carbocycles. The molecular weight excluding hydrogens is 246 g/mol. The van der Waals surface area contributed by atoms with Gasteiger partial charge in [0.25, 0.3) is 0 Å². The summed E-state index contributed by atoms with van der Waals surface area (Å²) in [6.07, 6.45) is 3.03. The van der Waals surface area contributed by atoms with Gasteiger partial charge in [0.2, 0.25) is 0 Å². The molecule has 1 heterocycles. The normalized spacial score (nSPS) is 12.1. The summed E-state index contributed by atoms with van der Waals surface area (Å²) >= 11 is 1.70. The fourth-order valence-corrected chi connectivity index (χ4v) is 2.62. The highest BCUT2D eigenvalue weighted by Crippen LogP contribution is 2.20. The van der Waals surface area contributed by atoms with E-state index in [2.05, 4.69) is 29.0 Å². The molecule has 0 saturated carbocycles. The molecule has 0 spiro atoms. The topological polar surface area (TPSA) is 48.4 Å². The lowest BCUT2D eigenvalue weighted by Gasteiger charge is -2.27. The Morgan fingerprint density at radius 1 is 1.44 bits per heavy atom. The van der Waals surface area contributed by atoms with Gasteiger partial charge in [0.05, 0.1) is 5.60 Å². The SMILES string of the molecule is CCCNc1ncc(CN(CC)CC(C)(C)O)s1. The van der Waals surface area contributed by atoms with E-state index in [1.807, 2.05) is 20.0 Å². The van der Waals surface area contributed by atoms with E-state index in [9.17, 15) is 5.11 Å². The summed E-state index contributed by atoms with van der Waals surface area (Å²) in [4.78, 5) is 7.82. The van der Waals surface area contributed by atoms with Gasteiger partial charge in [-0.15, -0.1) is 11.3 Å². The Balaban J connectivity index is 2.51. The van der Waals surface area contributed by atoms with E-state index in [0.717, 1.165) is 31.2 Å². The first-order chi connectivity index (χ1) is 8.44. The standard InChI is InChI=1S/C13H25N3OS/c1-5-7-14-12-15-8-11(18-12)9-16(6-2)10-13(3,4)17/h8,17H,5-7,9-10H2,1-4H3,(H,14,15). The van der Waals surface area contributed by atoms with Gasteiger partial charge in [-0.1, -0.05) is 13.8 Å². The summed E-state index contributed by atoms with van der Waals surface area (Å²) in [6, 6.07) is 0. The van der Waals surface area contributed by atoms with Gasteiger partial charge in [0, 0.05) is 30.7 Å². The van der Waals surface area contributed by atoms with E-state index in [1.54, 1.807) is 11.3 Å². The molecule has 0 aliphatic rings. The van der Waals surface area contributed by atoms with Crippen molar-refractivity contribution in [1.82, 2.24) is 9.88 Å². The highest BCUT2D eigenvalue weighted by atomic mass is 32.1. The Morgan fingerprint density at radius 3 is 2.72 bits per heavy atom. The summed E-state index contributed by atoms with van der Waals surface area (Å²) in [7, 11) is 0. The van der Waals surface area contributed by atoms with Gasteiger partial charge in [-0.3, -0.25) is 4.90 Å². The van der Waals surface area contributed by atoms with Gasteiger partial charge < -0.3 is 10.4 Å². The van der Waals surface area contributed by atoms with Crippen LogP contribution in [0.25, 0.3) is 0 Å². The van der Waals surface area contributed by atoms with E-state index in [1.165, 1.54) is 4.88 Å². The Hall–Kier alpha value is -0.650. The molecule has 4 nitrogen and oxygen atoms in total. The Bertz CT molecular complexity index is 346. The monoisotopic (exact) mass is 271 g/mol. The van der Waals surface area contributed by atoms with Crippen LogP contribution in [0.15, 0.2) is 6.20 Å². The number of anilines is 1. The Labute approximate surface area is 114 Å². The molecule has 2 N–H and O–H groups in total. The van der Waals surface area contributed by atoms with Crippen molar-refractivity contribution in [2.75, 3.05) is 25.0 Å². The largest absolute Gasteiger partial charge is 0.389 e. The number of aliphatic hydroxyl groups is 1. The summed E-state index contributed by atoms with van der Waals surface area (Å²) in [5.41, 5.74) is -0.649. The summed E-state index contributed by atoms with van der Waals surface area (Å²) in [6.45, 7) is 11.4. The number of hydrogen-bond acceptors (Lipinski definition) is 5. The van der Waals surface area contributed by atoms with E-state index in [-0.39, 0.29) is 0 Å². The summed E-state index contributed by atoms with van der Waals surface area (Å²) < 4.78 is 0. The molecule has 0 aromatic carbocycles. The molecule has 0 unspecified atom stereocenters. The van der Waals surface area contributed by atoms with Gasteiger partial charge in [0.1, 0.15) is 0 Å². The third kappa shape index (κ3) is 5.80. The molecule has 0 aliphatic heterocycles. The molecule has 0 bridgehead atoms. The summed E-state index contributed by atoms with van der Waals surface area (Å²) in [5.74, 6) is 0. The first-order valence-electron chi connectivity index (χ1n) is 6.58. The number of hydrogen-bond donors (Lipinski definition) is 2. The molecule has 0 atom stereocenters. The van der Waals surface area contributed by atoms with Crippen LogP contribution in [0.4, 0.5) is 5.13 Å². The van der Waals surface area contributed by atoms with Crippen molar-refractivity contribution in [3.8, 4) is 0 Å². The molecule has 5 heteroatoms. The van der Waals surface area contributed by atoms with Gasteiger partial charge in [-0.2, -0.15) is 0 Å². The van der Waals surface area contributed by atoms with E-state index >= 15 is 0 Å². The van der Waals surface area contributed by atoms with Crippen molar-refractivity contribution < 1.29 is 5.11 Å². The van der Waals surface area contributed by atoms with Crippen LogP contribution in [0.2, 0.25) is 0 Å². The van der Waals surface area contributed by atoms with Crippen molar-refractivity contribution in [3.05, 3.63) is 11.1 Å². The van der Waals surface area contributed by atoms with Crippen molar-refractivity contribution >= 4 is 16.5 Å². The highest BCUT2D eigenvalue weighted by molar-refractivity contribution is 7.15. The highest BCUT2D eigenvalue weighted by Gasteiger charge is 2.17. The first kappa shape index (κ1) is 15.4. The van der Waals surface area contributed by atoms with Gasteiger partial charge in [0.15, 0.2) is 5.13 Å². The number of rotatable bonds is 8. The fraction of sp³-hybridized carbons (Fsp3) is 0.769. The van der Waals surface area contributed by atoms with Crippen LogP contribution in [0.3, 0.4) is 0 Å². The van der Waals surface area contributed by atoms with Crippen molar-refractivity contribution in [1.29, 1.82) is 0 Å². The molecule has 0 saturated heterocycles. The lowest BCUT2D eigenvalue weighted by atomic mass is 10.1. The van der Waals surface area contributed by atoms with Gasteiger partial charge in [-0.05, 0) is 26.8 Å². The molecule has 1 rings (SSSR count). The zero-order valence-corrected chi connectivity index (χ0v) is 12.7. The van der Waals surface area contributed by atoms with E-state index < -0.39 is 5.60 Å². The number of thiazole rings is 1. The second-order valence-corrected chi connectivity index (χ2v) is 6.29. The lowest BCUT2D eigenvalue weighted by Crippen LogP contribution is -2.37. The number of nitrogens with one attached hydrogen (secondary N) is 1. The Morgan fingerprint density at radius 2 is 2.17 bits per heavy atom. The number of aromatic nitrogens is 1. The summed E-state index contributed by atoms with van der Waals surface area (Å²) in [5, 5.41) is 14.1. The van der Waals surface area contributed by atoms with Crippen LogP contribution < -0.4 is 5.32 Å². The molecule has 1 aromatic heterocycles. The minimum atomic E-state index is -0.649. The van der Waals surface area contributed by atoms with Crippen LogP contribution in [-0.2, 0) is 6.54 Å². The maximum Gasteiger partial charge on any atom is 0.182 e. The third-order valence-corrected chi connectivity index (χ3v) is 3.46. The van der Waals surface area contributed by atoms with Crippen molar-refractivity contribution in [3.63, 3.8) is 0 Å². The first-order valence-corrected chi connectivity index (χ1v) is 7.39. The van der Waals surface area contributed by atoms with Crippen LogP contribution in [-0.4, -0.2) is 40.2 Å². The van der Waals surface area contributed by atoms with Crippen LogP contribution in [0.5, 0.6) is 0 Å². The second kappa shape index (κ2) is 7.07. The lowest BCUT2D eigenvalue weighted by molar-refractivity contribution is 0.0356. The number of likely N-dealkylation sites (N-methyl/N-ethyl adjacent to an activating group) is 1. The maximum absolute atomic E-state index is 9.85. The molecule has 0 radical (unpaired) electrons. The minimum Gasteiger partial charge on any atom is -0.389 e.